The Labute approximate surface area is 119 Å². The number of hydrogen-bond acceptors (Lipinski definition) is 3. The normalized spacial score (nSPS) is 12.1. The van der Waals surface area contributed by atoms with Crippen LogP contribution in [0.1, 0.15) is 28.4 Å². The van der Waals surface area contributed by atoms with Crippen LogP contribution in [0.5, 0.6) is 11.5 Å². The molecule has 106 valence electrons. The minimum Gasteiger partial charge on any atom is -0.497 e. The van der Waals surface area contributed by atoms with Gasteiger partial charge in [-0.05, 0) is 48.2 Å². The van der Waals surface area contributed by atoms with Crippen LogP contribution in [-0.4, -0.2) is 19.3 Å². The third-order valence-corrected chi connectivity index (χ3v) is 3.54. The average molecular weight is 272 g/mol. The predicted octanol–water partition coefficient (Wildman–Crippen LogP) is 3.40. The van der Waals surface area contributed by atoms with E-state index in [2.05, 4.69) is 6.92 Å². The van der Waals surface area contributed by atoms with Gasteiger partial charge in [-0.3, -0.25) is 0 Å². The average Bonchev–Trinajstić information content (AvgIpc) is 2.48. The van der Waals surface area contributed by atoms with Gasteiger partial charge in [0.2, 0.25) is 0 Å². The highest BCUT2D eigenvalue weighted by Gasteiger charge is 2.13. The smallest absolute Gasteiger partial charge is 0.122 e. The Morgan fingerprint density at radius 2 is 1.40 bits per heavy atom. The zero-order chi connectivity index (χ0) is 14.7. The number of ether oxygens (including phenoxy) is 2. The van der Waals surface area contributed by atoms with E-state index in [1.54, 1.807) is 20.3 Å². The molecule has 1 N–H and O–H groups in total. The second-order valence-corrected chi connectivity index (χ2v) is 4.89. The standard InChI is InChI=1S/C17H20O3/c1-11-5-6-13(7-12(11)2)17(18)14-8-15(19-3)10-16(9-14)20-4/h5-10,17-18H,1-4H3. The zero-order valence-electron chi connectivity index (χ0n) is 12.3. The Morgan fingerprint density at radius 1 is 0.800 bits per heavy atom. The van der Waals surface area contributed by atoms with Gasteiger partial charge in [-0.25, -0.2) is 0 Å². The maximum absolute atomic E-state index is 10.5. The maximum atomic E-state index is 10.5. The van der Waals surface area contributed by atoms with Crippen LogP contribution in [0.25, 0.3) is 0 Å². The quantitative estimate of drug-likeness (QED) is 0.927. The third-order valence-electron chi connectivity index (χ3n) is 3.54. The summed E-state index contributed by atoms with van der Waals surface area (Å²) in [4.78, 5) is 0. The molecule has 3 nitrogen and oxygen atoms in total. The van der Waals surface area contributed by atoms with Crippen LogP contribution in [0.3, 0.4) is 0 Å². The fourth-order valence-corrected chi connectivity index (χ4v) is 2.11. The first-order valence-corrected chi connectivity index (χ1v) is 6.53. The molecule has 1 atom stereocenters. The van der Waals surface area contributed by atoms with Crippen molar-refractivity contribution in [3.8, 4) is 11.5 Å². The van der Waals surface area contributed by atoms with Gasteiger partial charge in [0.1, 0.15) is 17.6 Å². The number of aliphatic hydroxyl groups is 1. The van der Waals surface area contributed by atoms with Gasteiger partial charge in [-0.15, -0.1) is 0 Å². The molecule has 0 saturated carbocycles. The molecule has 0 heterocycles. The Balaban J connectivity index is 2.41. The van der Waals surface area contributed by atoms with Crippen LogP contribution in [-0.2, 0) is 0 Å². The molecule has 1 unspecified atom stereocenters. The van der Waals surface area contributed by atoms with E-state index < -0.39 is 6.10 Å². The van der Waals surface area contributed by atoms with Gasteiger partial charge in [-0.2, -0.15) is 0 Å². The number of hydrogen-bond donors (Lipinski definition) is 1. The molecule has 0 spiro atoms. The molecule has 0 bridgehead atoms. The van der Waals surface area contributed by atoms with Crippen molar-refractivity contribution in [3.05, 3.63) is 58.7 Å². The molecule has 0 aliphatic carbocycles. The molecule has 0 aromatic heterocycles. The Morgan fingerprint density at radius 3 is 1.90 bits per heavy atom. The lowest BCUT2D eigenvalue weighted by Gasteiger charge is -2.15. The monoisotopic (exact) mass is 272 g/mol. The molecule has 0 aliphatic heterocycles. The van der Waals surface area contributed by atoms with E-state index in [9.17, 15) is 5.11 Å². The van der Waals surface area contributed by atoms with Crippen LogP contribution in [0.4, 0.5) is 0 Å². The molecule has 0 radical (unpaired) electrons. The third kappa shape index (κ3) is 2.94. The minimum atomic E-state index is -0.696. The second-order valence-electron chi connectivity index (χ2n) is 4.89. The van der Waals surface area contributed by atoms with E-state index in [0.29, 0.717) is 11.5 Å². The highest BCUT2D eigenvalue weighted by atomic mass is 16.5. The van der Waals surface area contributed by atoms with Gasteiger partial charge < -0.3 is 14.6 Å². The predicted molar refractivity (Wildman–Crippen MR) is 79.5 cm³/mol. The van der Waals surface area contributed by atoms with Crippen molar-refractivity contribution in [1.29, 1.82) is 0 Å². The molecule has 2 aromatic rings. The zero-order valence-corrected chi connectivity index (χ0v) is 12.3. The topological polar surface area (TPSA) is 38.7 Å². The second kappa shape index (κ2) is 5.97. The molecule has 3 heteroatoms. The van der Waals surface area contributed by atoms with Crippen molar-refractivity contribution in [3.63, 3.8) is 0 Å². The van der Waals surface area contributed by atoms with E-state index in [-0.39, 0.29) is 0 Å². The summed E-state index contributed by atoms with van der Waals surface area (Å²) >= 11 is 0. The largest absolute Gasteiger partial charge is 0.497 e. The Hall–Kier alpha value is -2.00. The first-order valence-electron chi connectivity index (χ1n) is 6.53. The van der Waals surface area contributed by atoms with Gasteiger partial charge >= 0.3 is 0 Å². The summed E-state index contributed by atoms with van der Waals surface area (Å²) in [6, 6.07) is 11.4. The van der Waals surface area contributed by atoms with E-state index in [0.717, 1.165) is 16.7 Å². The lowest BCUT2D eigenvalue weighted by atomic mass is 9.97. The van der Waals surface area contributed by atoms with Crippen molar-refractivity contribution in [2.45, 2.75) is 20.0 Å². The summed E-state index contributed by atoms with van der Waals surface area (Å²) in [6.45, 7) is 4.10. The summed E-state index contributed by atoms with van der Waals surface area (Å²) in [6.07, 6.45) is -0.696. The van der Waals surface area contributed by atoms with Crippen molar-refractivity contribution in [2.75, 3.05) is 14.2 Å². The fraction of sp³-hybridized carbons (Fsp3) is 0.294. The van der Waals surface area contributed by atoms with E-state index >= 15 is 0 Å². The van der Waals surface area contributed by atoms with Crippen LogP contribution < -0.4 is 9.47 Å². The summed E-state index contributed by atoms with van der Waals surface area (Å²) < 4.78 is 10.5. The first kappa shape index (κ1) is 14.4. The lowest BCUT2D eigenvalue weighted by Crippen LogP contribution is -2.02. The summed E-state index contributed by atoms with van der Waals surface area (Å²) in [5.74, 6) is 1.34. The van der Waals surface area contributed by atoms with Crippen molar-refractivity contribution < 1.29 is 14.6 Å². The SMILES string of the molecule is COc1cc(OC)cc(C(O)c2ccc(C)c(C)c2)c1. The van der Waals surface area contributed by atoms with Gasteiger partial charge in [-0.1, -0.05) is 18.2 Å². The van der Waals surface area contributed by atoms with Crippen molar-refractivity contribution in [2.24, 2.45) is 0 Å². The highest BCUT2D eigenvalue weighted by Crippen LogP contribution is 2.30. The molecule has 2 rings (SSSR count). The number of benzene rings is 2. The van der Waals surface area contributed by atoms with E-state index in [1.807, 2.05) is 37.3 Å². The van der Waals surface area contributed by atoms with Gasteiger partial charge in [0.15, 0.2) is 0 Å². The first-order chi connectivity index (χ1) is 9.55. The number of rotatable bonds is 4. The van der Waals surface area contributed by atoms with Crippen LogP contribution in [0.2, 0.25) is 0 Å². The van der Waals surface area contributed by atoms with Gasteiger partial charge in [0, 0.05) is 6.07 Å². The number of aryl methyl sites for hydroxylation is 2. The lowest BCUT2D eigenvalue weighted by molar-refractivity contribution is 0.219. The number of methoxy groups -OCH3 is 2. The van der Waals surface area contributed by atoms with E-state index in [4.69, 9.17) is 9.47 Å². The molecule has 0 fully saturated rings. The van der Waals surface area contributed by atoms with Crippen LogP contribution in [0, 0.1) is 13.8 Å². The van der Waals surface area contributed by atoms with E-state index in [1.165, 1.54) is 5.56 Å². The van der Waals surface area contributed by atoms with Crippen molar-refractivity contribution in [1.82, 2.24) is 0 Å². The molecule has 0 aliphatic rings. The van der Waals surface area contributed by atoms with Gasteiger partial charge in [0.25, 0.3) is 0 Å². The van der Waals surface area contributed by atoms with Crippen LogP contribution >= 0.6 is 0 Å². The summed E-state index contributed by atoms with van der Waals surface area (Å²) in [5.41, 5.74) is 3.99. The number of aliphatic hydroxyl groups excluding tert-OH is 1. The summed E-state index contributed by atoms with van der Waals surface area (Å²) in [7, 11) is 3.20. The summed E-state index contributed by atoms with van der Waals surface area (Å²) in [5, 5.41) is 10.5. The molecule has 0 saturated heterocycles. The molecular formula is C17H20O3. The maximum Gasteiger partial charge on any atom is 0.122 e. The Bertz CT molecular complexity index is 583. The molecule has 0 amide bonds. The van der Waals surface area contributed by atoms with Crippen LogP contribution in [0.15, 0.2) is 36.4 Å². The van der Waals surface area contributed by atoms with Crippen molar-refractivity contribution >= 4 is 0 Å². The molecular weight excluding hydrogens is 252 g/mol. The van der Waals surface area contributed by atoms with Gasteiger partial charge in [0.05, 0.1) is 14.2 Å². The highest BCUT2D eigenvalue weighted by molar-refractivity contribution is 5.43. The molecule has 2 aromatic carbocycles. The Kier molecular flexibility index (Phi) is 4.30. The fourth-order valence-electron chi connectivity index (χ4n) is 2.11. The minimum absolute atomic E-state index is 0.669. The molecule has 20 heavy (non-hydrogen) atoms.